The van der Waals surface area contributed by atoms with Gasteiger partial charge in [-0.3, -0.25) is 14.2 Å². The number of carbonyl (C=O) groups excluding carboxylic acids is 1. The van der Waals surface area contributed by atoms with Crippen molar-refractivity contribution in [1.29, 1.82) is 0 Å². The Hall–Kier alpha value is -3.43. The molecule has 0 bridgehead atoms. The van der Waals surface area contributed by atoms with Gasteiger partial charge in [0.1, 0.15) is 10.6 Å². The molecule has 0 radical (unpaired) electrons. The van der Waals surface area contributed by atoms with Crippen molar-refractivity contribution in [1.82, 2.24) is 15.0 Å². The van der Waals surface area contributed by atoms with E-state index in [1.54, 1.807) is 40.4 Å². The Bertz CT molecular complexity index is 1420. The minimum atomic E-state index is -0.285. The van der Waals surface area contributed by atoms with E-state index in [4.69, 9.17) is 9.40 Å². The van der Waals surface area contributed by atoms with Crippen LogP contribution in [0.2, 0.25) is 0 Å². The number of aromatic nitrogens is 2. The molecule has 1 aromatic carbocycles. The largest absolute Gasteiger partial charge is 0.465 e. The summed E-state index contributed by atoms with van der Waals surface area (Å²) in [5.41, 5.74) is 4.32. The number of para-hydroxylation sites is 1. The number of hydrogen-bond donors (Lipinski definition) is 1. The second-order valence-corrected chi connectivity index (χ2v) is 9.76. The van der Waals surface area contributed by atoms with Crippen LogP contribution in [0.25, 0.3) is 22.0 Å². The lowest BCUT2D eigenvalue weighted by atomic mass is 9.97. The number of hydrogen-bond acceptors (Lipinski definition) is 7. The number of nitrogens with zero attached hydrogens (tertiary/aromatic N) is 3. The van der Waals surface area contributed by atoms with Gasteiger partial charge in [0.2, 0.25) is 0 Å². The lowest BCUT2D eigenvalue weighted by Crippen LogP contribution is -2.24. The molecular formula is C25H22N4O3S2. The Morgan fingerprint density at radius 3 is 2.88 bits per heavy atom. The summed E-state index contributed by atoms with van der Waals surface area (Å²) in [5, 5.41) is 5.15. The van der Waals surface area contributed by atoms with Crippen LogP contribution < -0.4 is 11.0 Å². The van der Waals surface area contributed by atoms with E-state index in [1.807, 2.05) is 36.4 Å². The van der Waals surface area contributed by atoms with E-state index in [0.717, 1.165) is 47.2 Å². The van der Waals surface area contributed by atoms with Gasteiger partial charge in [0, 0.05) is 11.1 Å². The third-order valence-electron chi connectivity index (χ3n) is 5.46. The molecular weight excluding hydrogens is 468 g/mol. The third-order valence-corrected chi connectivity index (χ3v) is 7.58. The first kappa shape index (κ1) is 22.4. The summed E-state index contributed by atoms with van der Waals surface area (Å²) in [5.74, 6) is 0.491. The second-order valence-electron chi connectivity index (χ2n) is 7.74. The molecule has 5 rings (SSSR count). The fourth-order valence-electron chi connectivity index (χ4n) is 3.93. The maximum Gasteiger partial charge on any atom is 0.267 e. The molecule has 0 spiro atoms. The summed E-state index contributed by atoms with van der Waals surface area (Å²) in [6, 6.07) is 13.1. The van der Waals surface area contributed by atoms with Crippen LogP contribution in [0.15, 0.2) is 74.3 Å². The van der Waals surface area contributed by atoms with Crippen molar-refractivity contribution in [2.45, 2.75) is 30.8 Å². The highest BCUT2D eigenvalue weighted by molar-refractivity contribution is 7.99. The molecule has 1 N–H and O–H groups in total. The zero-order valence-corrected chi connectivity index (χ0v) is 19.9. The van der Waals surface area contributed by atoms with Crippen molar-refractivity contribution in [2.75, 3.05) is 5.75 Å². The molecule has 9 heteroatoms. The number of thiophene rings is 1. The van der Waals surface area contributed by atoms with Gasteiger partial charge in [-0.2, -0.15) is 5.10 Å². The molecule has 7 nitrogen and oxygen atoms in total. The van der Waals surface area contributed by atoms with Crippen LogP contribution in [0.3, 0.4) is 0 Å². The number of fused-ring (bicyclic) bond motifs is 3. The Kier molecular flexibility index (Phi) is 6.73. The molecule has 1 amide bonds. The van der Waals surface area contributed by atoms with Crippen molar-refractivity contribution >= 4 is 51.5 Å². The number of allylic oxidation sites excluding steroid dienone is 1. The van der Waals surface area contributed by atoms with Crippen molar-refractivity contribution in [3.05, 3.63) is 81.4 Å². The number of thioether (sulfide) groups is 1. The lowest BCUT2D eigenvalue weighted by Gasteiger charge is -2.13. The number of rotatable bonds is 7. The van der Waals surface area contributed by atoms with Gasteiger partial charge in [-0.25, -0.2) is 10.4 Å². The third kappa shape index (κ3) is 4.76. The normalized spacial score (nSPS) is 13.6. The maximum atomic E-state index is 13.6. The van der Waals surface area contributed by atoms with Crippen LogP contribution in [0, 0.1) is 0 Å². The molecule has 3 aromatic heterocycles. The molecule has 4 aromatic rings. The van der Waals surface area contributed by atoms with Crippen molar-refractivity contribution in [3.63, 3.8) is 0 Å². The van der Waals surface area contributed by atoms with Crippen LogP contribution >= 0.6 is 23.1 Å². The average molecular weight is 491 g/mol. The predicted molar refractivity (Wildman–Crippen MR) is 137 cm³/mol. The predicted octanol–water partition coefficient (Wildman–Crippen LogP) is 4.83. The van der Waals surface area contributed by atoms with Gasteiger partial charge >= 0.3 is 0 Å². The minimum absolute atomic E-state index is 0.0698. The van der Waals surface area contributed by atoms with E-state index in [9.17, 15) is 9.59 Å². The highest BCUT2D eigenvalue weighted by Crippen LogP contribution is 2.35. The van der Waals surface area contributed by atoms with Crippen LogP contribution in [-0.4, -0.2) is 27.4 Å². The lowest BCUT2D eigenvalue weighted by molar-refractivity contribution is -0.118. The molecule has 0 atom stereocenters. The SMILES string of the molecule is O=C(CSc1nc2sc3c(c2c(=O)n1-c1ccccc1)CCCC3)NN=CC=Cc1ccco1. The number of furan rings is 1. The average Bonchev–Trinajstić information content (AvgIpc) is 3.50. The van der Waals surface area contributed by atoms with Crippen LogP contribution in [0.5, 0.6) is 0 Å². The molecule has 3 heterocycles. The van der Waals surface area contributed by atoms with Gasteiger partial charge in [0.25, 0.3) is 11.5 Å². The molecule has 172 valence electrons. The quantitative estimate of drug-likeness (QED) is 0.174. The number of amides is 1. The van der Waals surface area contributed by atoms with Gasteiger partial charge < -0.3 is 4.42 Å². The number of carbonyl (C=O) groups is 1. The Morgan fingerprint density at radius 2 is 2.06 bits per heavy atom. The van der Waals surface area contributed by atoms with Crippen molar-refractivity contribution in [2.24, 2.45) is 5.10 Å². The number of hydrazone groups is 1. The van der Waals surface area contributed by atoms with Gasteiger partial charge in [-0.05, 0) is 67.7 Å². The first-order chi connectivity index (χ1) is 16.7. The minimum Gasteiger partial charge on any atom is -0.465 e. The van der Waals surface area contributed by atoms with Gasteiger partial charge in [-0.15, -0.1) is 11.3 Å². The molecule has 1 aliphatic carbocycles. The monoisotopic (exact) mass is 490 g/mol. The fourth-order valence-corrected chi connectivity index (χ4v) is 6.03. The molecule has 0 fully saturated rings. The first-order valence-corrected chi connectivity index (χ1v) is 12.8. The second kappa shape index (κ2) is 10.2. The summed E-state index contributed by atoms with van der Waals surface area (Å²) in [7, 11) is 0. The summed E-state index contributed by atoms with van der Waals surface area (Å²) in [6.45, 7) is 0. The first-order valence-electron chi connectivity index (χ1n) is 11.0. The number of aryl methyl sites for hydroxylation is 2. The van der Waals surface area contributed by atoms with E-state index in [-0.39, 0.29) is 17.2 Å². The standard InChI is InChI=1S/C25H22N4O3S2/c30-21(28-26-14-6-10-18-11-7-15-32-18)16-33-25-27-23-22(19-12-4-5-13-20(19)34-23)24(31)29(25)17-8-2-1-3-9-17/h1-3,6-11,14-15H,4-5,12-13,16H2,(H,28,30). The zero-order chi connectivity index (χ0) is 23.3. The molecule has 0 saturated heterocycles. The summed E-state index contributed by atoms with van der Waals surface area (Å²) in [4.78, 5) is 32.9. The number of nitrogens with one attached hydrogen (secondary N) is 1. The van der Waals surface area contributed by atoms with E-state index >= 15 is 0 Å². The Balaban J connectivity index is 1.38. The van der Waals surface area contributed by atoms with Gasteiger partial charge in [0.05, 0.1) is 23.1 Å². The van der Waals surface area contributed by atoms with Gasteiger partial charge in [-0.1, -0.05) is 30.0 Å². The van der Waals surface area contributed by atoms with E-state index < -0.39 is 0 Å². The molecule has 34 heavy (non-hydrogen) atoms. The smallest absolute Gasteiger partial charge is 0.267 e. The molecule has 0 saturated carbocycles. The molecule has 0 unspecified atom stereocenters. The highest BCUT2D eigenvalue weighted by Gasteiger charge is 2.23. The van der Waals surface area contributed by atoms with Crippen molar-refractivity contribution < 1.29 is 9.21 Å². The van der Waals surface area contributed by atoms with Crippen LogP contribution in [0.1, 0.15) is 29.0 Å². The zero-order valence-electron chi connectivity index (χ0n) is 18.3. The molecule has 1 aliphatic rings. The summed E-state index contributed by atoms with van der Waals surface area (Å²) >= 11 is 2.83. The van der Waals surface area contributed by atoms with Gasteiger partial charge in [0.15, 0.2) is 5.16 Å². The maximum absolute atomic E-state index is 13.6. The Labute approximate surface area is 204 Å². The topological polar surface area (TPSA) is 89.5 Å². The molecule has 0 aliphatic heterocycles. The summed E-state index contributed by atoms with van der Waals surface area (Å²) in [6.07, 6.45) is 10.6. The summed E-state index contributed by atoms with van der Waals surface area (Å²) < 4.78 is 6.81. The van der Waals surface area contributed by atoms with E-state index in [1.165, 1.54) is 22.9 Å². The highest BCUT2D eigenvalue weighted by atomic mass is 32.2. The van der Waals surface area contributed by atoms with E-state index in [0.29, 0.717) is 10.9 Å². The van der Waals surface area contributed by atoms with Crippen LogP contribution in [0.4, 0.5) is 0 Å². The number of benzene rings is 1. The van der Waals surface area contributed by atoms with E-state index in [2.05, 4.69) is 10.5 Å². The fraction of sp³-hybridized carbons (Fsp3) is 0.200. The Morgan fingerprint density at radius 1 is 1.21 bits per heavy atom. The van der Waals surface area contributed by atoms with Crippen molar-refractivity contribution in [3.8, 4) is 5.69 Å². The van der Waals surface area contributed by atoms with Crippen LogP contribution in [-0.2, 0) is 17.6 Å².